The van der Waals surface area contributed by atoms with E-state index in [1.165, 1.54) is 12.1 Å². The van der Waals surface area contributed by atoms with Crippen LogP contribution in [0.2, 0.25) is 0 Å². The zero-order chi connectivity index (χ0) is 19.3. The van der Waals surface area contributed by atoms with E-state index in [-0.39, 0.29) is 5.82 Å². The molecule has 0 aliphatic carbocycles. The number of hydrogen-bond donors (Lipinski definition) is 1. The summed E-state index contributed by atoms with van der Waals surface area (Å²) < 4.78 is 20.9. The van der Waals surface area contributed by atoms with E-state index < -0.39 is 0 Å². The van der Waals surface area contributed by atoms with Crippen LogP contribution in [-0.4, -0.2) is 52.3 Å². The summed E-state index contributed by atoms with van der Waals surface area (Å²) in [6, 6.07) is 10.4. The maximum absolute atomic E-state index is 13.4. The predicted molar refractivity (Wildman–Crippen MR) is 110 cm³/mol. The van der Waals surface area contributed by atoms with Gasteiger partial charge in [-0.1, -0.05) is 0 Å². The zero-order valence-corrected chi connectivity index (χ0v) is 16.5. The number of morpholine rings is 1. The summed E-state index contributed by atoms with van der Waals surface area (Å²) in [6.45, 7) is 5.39. The Morgan fingerprint density at radius 2 is 1.68 bits per heavy atom. The third-order valence-electron chi connectivity index (χ3n) is 4.98. The Morgan fingerprint density at radius 3 is 2.39 bits per heavy atom. The zero-order valence-electron chi connectivity index (χ0n) is 15.6. The Kier molecular flexibility index (Phi) is 6.04. The van der Waals surface area contributed by atoms with Crippen LogP contribution in [0.4, 0.5) is 4.39 Å². The molecule has 1 saturated heterocycles. The molecule has 0 amide bonds. The third-order valence-corrected chi connectivity index (χ3v) is 5.32. The highest BCUT2D eigenvalue weighted by molar-refractivity contribution is 7.80. The highest BCUT2D eigenvalue weighted by atomic mass is 32.1. The largest absolute Gasteiger partial charge is 0.379 e. The van der Waals surface area contributed by atoms with E-state index in [1.54, 1.807) is 24.5 Å². The second-order valence-corrected chi connectivity index (χ2v) is 7.21. The highest BCUT2D eigenvalue weighted by Crippen LogP contribution is 2.34. The van der Waals surface area contributed by atoms with E-state index in [2.05, 4.69) is 27.1 Å². The van der Waals surface area contributed by atoms with Gasteiger partial charge in [-0.2, -0.15) is 0 Å². The van der Waals surface area contributed by atoms with Gasteiger partial charge in [0.2, 0.25) is 0 Å². The molecule has 3 heterocycles. The van der Waals surface area contributed by atoms with Crippen molar-refractivity contribution < 1.29 is 9.13 Å². The Balaban J connectivity index is 1.64. The molecule has 28 heavy (non-hydrogen) atoms. The van der Waals surface area contributed by atoms with Crippen molar-refractivity contribution in [1.82, 2.24) is 19.4 Å². The summed E-state index contributed by atoms with van der Waals surface area (Å²) in [5, 5.41) is 0.660. The number of hydrogen-bond acceptors (Lipinski definition) is 5. The standard InChI is InChI=1S/C21H23FN4OS/c22-18-4-2-16(3-5-18)19-20(17-6-8-23-9-7-17)26(21(28)24-19)11-1-10-25-12-14-27-15-13-25/h2-9H,1,10-15H2,(H,24,28). The summed E-state index contributed by atoms with van der Waals surface area (Å²) in [5.74, 6) is -0.259. The molecule has 0 atom stereocenters. The fourth-order valence-electron chi connectivity index (χ4n) is 3.54. The topological polar surface area (TPSA) is 43.2 Å². The average molecular weight is 399 g/mol. The first-order chi connectivity index (χ1) is 13.7. The minimum absolute atomic E-state index is 0.259. The molecule has 4 rings (SSSR count). The van der Waals surface area contributed by atoms with Gasteiger partial charge in [-0.25, -0.2) is 9.37 Å². The van der Waals surface area contributed by atoms with Gasteiger partial charge >= 0.3 is 0 Å². The lowest BCUT2D eigenvalue weighted by Gasteiger charge is -2.26. The smallest absolute Gasteiger partial charge is 0.165 e. The third kappa shape index (κ3) is 4.27. The Hall–Kier alpha value is -2.22. The van der Waals surface area contributed by atoms with E-state index >= 15 is 0 Å². The second-order valence-electron chi connectivity index (χ2n) is 6.81. The molecule has 0 spiro atoms. The van der Waals surface area contributed by atoms with Crippen molar-refractivity contribution in [3.63, 3.8) is 0 Å². The first-order valence-electron chi connectivity index (χ1n) is 9.48. The van der Waals surface area contributed by atoms with E-state index in [1.807, 2.05) is 12.1 Å². The molecule has 5 nitrogen and oxygen atoms in total. The normalized spacial score (nSPS) is 15.1. The number of pyridine rings is 1. The quantitative estimate of drug-likeness (QED) is 0.642. The highest BCUT2D eigenvalue weighted by Gasteiger charge is 2.19. The number of nitrogens with zero attached hydrogens (tertiary/aromatic N) is 4. The van der Waals surface area contributed by atoms with E-state index in [4.69, 9.17) is 9.72 Å². The minimum atomic E-state index is -0.259. The van der Waals surface area contributed by atoms with Gasteiger partial charge in [-0.05, 0) is 42.8 Å². The summed E-state index contributed by atoms with van der Waals surface area (Å²) in [6.07, 6.45) is 4.53. The van der Waals surface area contributed by atoms with Gasteiger partial charge < -0.3 is 9.30 Å². The van der Waals surface area contributed by atoms with Crippen LogP contribution in [0.1, 0.15) is 6.42 Å². The number of aromatic nitrogens is 3. The van der Waals surface area contributed by atoms with Crippen molar-refractivity contribution >= 4 is 12.6 Å². The molecule has 1 aliphatic heterocycles. The Morgan fingerprint density at radius 1 is 0.964 bits per heavy atom. The van der Waals surface area contributed by atoms with Crippen molar-refractivity contribution in [3.05, 3.63) is 54.6 Å². The van der Waals surface area contributed by atoms with Gasteiger partial charge in [0.1, 0.15) is 5.82 Å². The van der Waals surface area contributed by atoms with Crippen molar-refractivity contribution in [1.29, 1.82) is 0 Å². The van der Waals surface area contributed by atoms with Crippen LogP contribution < -0.4 is 0 Å². The van der Waals surface area contributed by atoms with Gasteiger partial charge in [0.25, 0.3) is 0 Å². The fraction of sp³-hybridized carbons (Fsp3) is 0.333. The monoisotopic (exact) mass is 398 g/mol. The van der Waals surface area contributed by atoms with Gasteiger partial charge in [0.05, 0.1) is 24.6 Å². The molecule has 0 bridgehead atoms. The molecule has 0 saturated carbocycles. The molecule has 146 valence electrons. The van der Waals surface area contributed by atoms with Gasteiger partial charge in [0, 0.05) is 49.7 Å². The first-order valence-corrected chi connectivity index (χ1v) is 9.93. The molecule has 2 aromatic heterocycles. The number of benzene rings is 1. The van der Waals surface area contributed by atoms with Gasteiger partial charge in [-0.3, -0.25) is 9.88 Å². The predicted octanol–water partition coefficient (Wildman–Crippen LogP) is 3.76. The Bertz CT molecular complexity index is 908. The van der Waals surface area contributed by atoms with E-state index in [9.17, 15) is 4.39 Å². The van der Waals surface area contributed by atoms with E-state index in [0.29, 0.717) is 5.16 Å². The molecule has 1 aromatic carbocycles. The average Bonchev–Trinajstić information content (AvgIpc) is 3.06. The Labute approximate surface area is 169 Å². The fourth-order valence-corrected chi connectivity index (χ4v) is 3.84. The molecule has 0 radical (unpaired) electrons. The maximum atomic E-state index is 13.4. The summed E-state index contributed by atoms with van der Waals surface area (Å²) >= 11 is 4.64. The van der Waals surface area contributed by atoms with Crippen LogP contribution in [0.25, 0.3) is 22.5 Å². The summed E-state index contributed by atoms with van der Waals surface area (Å²) in [5.41, 5.74) is 3.69. The molecule has 7 heteroatoms. The number of thiol groups is 1. The SMILES string of the molecule is Fc1ccc(-c2nc(S)n(CCCN3CCOCC3)c2-c2ccncc2)cc1. The van der Waals surface area contributed by atoms with Crippen molar-refractivity contribution in [3.8, 4) is 22.5 Å². The van der Waals surface area contributed by atoms with Crippen molar-refractivity contribution in [2.24, 2.45) is 0 Å². The number of rotatable bonds is 6. The first kappa shape index (κ1) is 19.1. The van der Waals surface area contributed by atoms with Crippen LogP contribution in [0, 0.1) is 5.82 Å². The number of ether oxygens (including phenoxy) is 1. The lowest BCUT2D eigenvalue weighted by molar-refractivity contribution is 0.0369. The molecular formula is C21H23FN4OS. The minimum Gasteiger partial charge on any atom is -0.379 e. The lowest BCUT2D eigenvalue weighted by atomic mass is 10.1. The summed E-state index contributed by atoms with van der Waals surface area (Å²) in [7, 11) is 0. The number of imidazole rings is 1. The molecule has 0 N–H and O–H groups in total. The summed E-state index contributed by atoms with van der Waals surface area (Å²) in [4.78, 5) is 11.3. The molecule has 0 unspecified atom stereocenters. The van der Waals surface area contributed by atoms with Crippen LogP contribution in [0.3, 0.4) is 0 Å². The maximum Gasteiger partial charge on any atom is 0.165 e. The van der Waals surface area contributed by atoms with Crippen molar-refractivity contribution in [2.45, 2.75) is 18.1 Å². The van der Waals surface area contributed by atoms with Crippen LogP contribution >= 0.6 is 12.6 Å². The number of halogens is 1. The molecule has 1 aliphatic rings. The van der Waals surface area contributed by atoms with Gasteiger partial charge in [-0.15, -0.1) is 12.6 Å². The van der Waals surface area contributed by atoms with Gasteiger partial charge in [0.15, 0.2) is 5.16 Å². The van der Waals surface area contributed by atoms with Crippen LogP contribution in [-0.2, 0) is 11.3 Å². The molecular weight excluding hydrogens is 375 g/mol. The second kappa shape index (κ2) is 8.86. The van der Waals surface area contributed by atoms with Crippen molar-refractivity contribution in [2.75, 3.05) is 32.8 Å². The molecule has 3 aromatic rings. The molecule has 1 fully saturated rings. The van der Waals surface area contributed by atoms with Crippen LogP contribution in [0.5, 0.6) is 0 Å². The van der Waals surface area contributed by atoms with Crippen LogP contribution in [0.15, 0.2) is 53.9 Å². The van der Waals surface area contributed by atoms with E-state index in [0.717, 1.165) is 68.3 Å². The lowest BCUT2D eigenvalue weighted by Crippen LogP contribution is -2.37.